The maximum Gasteiger partial charge on any atom is 0.287 e. The molecule has 2 aliphatic heterocycles. The lowest BCUT2D eigenvalue weighted by Crippen LogP contribution is -2.40. The molecule has 1 amide bonds. The predicted molar refractivity (Wildman–Crippen MR) is 145 cm³/mol. The number of aromatic nitrogens is 1. The Balaban J connectivity index is 1.08. The van der Waals surface area contributed by atoms with Crippen molar-refractivity contribution in [3.05, 3.63) is 78.2 Å². The van der Waals surface area contributed by atoms with Crippen LogP contribution in [0.15, 0.2) is 71.3 Å². The number of nitrogens with one attached hydrogen (secondary N) is 1. The van der Waals surface area contributed by atoms with Gasteiger partial charge in [-0.1, -0.05) is 18.2 Å². The number of hydrogen-bond donors (Lipinski definition) is 1. The van der Waals surface area contributed by atoms with Crippen LogP contribution in [0.5, 0.6) is 23.0 Å². The molecule has 2 aliphatic rings. The first-order chi connectivity index (χ1) is 19.2. The van der Waals surface area contributed by atoms with E-state index in [1.54, 1.807) is 13.2 Å². The van der Waals surface area contributed by atoms with E-state index in [1.165, 1.54) is 5.56 Å². The third kappa shape index (κ3) is 4.18. The molecular formula is C31H27N2O6+. The van der Waals surface area contributed by atoms with Gasteiger partial charge in [-0.05, 0) is 53.8 Å². The number of carbonyl (C=O) groups excluding carboxylic acids is 1. The van der Waals surface area contributed by atoms with Crippen LogP contribution in [0.2, 0.25) is 0 Å². The van der Waals surface area contributed by atoms with E-state index in [2.05, 4.69) is 40.3 Å². The highest BCUT2D eigenvalue weighted by Crippen LogP contribution is 2.41. The summed E-state index contributed by atoms with van der Waals surface area (Å²) in [6, 6.07) is 19.7. The van der Waals surface area contributed by atoms with Crippen LogP contribution in [-0.4, -0.2) is 33.0 Å². The van der Waals surface area contributed by atoms with Gasteiger partial charge in [-0.25, -0.2) is 0 Å². The van der Waals surface area contributed by atoms with E-state index in [0.29, 0.717) is 42.4 Å². The molecule has 8 heteroatoms. The molecule has 196 valence electrons. The minimum absolute atomic E-state index is 0.236. The van der Waals surface area contributed by atoms with E-state index in [1.807, 2.05) is 30.3 Å². The molecule has 2 aromatic heterocycles. The first-order valence-electron chi connectivity index (χ1n) is 13.0. The normalized spacial score (nSPS) is 13.3. The molecule has 0 spiro atoms. The minimum Gasteiger partial charge on any atom is -0.493 e. The zero-order chi connectivity index (χ0) is 26.3. The quantitative estimate of drug-likeness (QED) is 0.238. The molecule has 4 heterocycles. The summed E-state index contributed by atoms with van der Waals surface area (Å²) in [6.45, 7) is 1.99. The summed E-state index contributed by atoms with van der Waals surface area (Å²) in [6.07, 6.45) is 3.67. The Morgan fingerprint density at radius 1 is 1.03 bits per heavy atom. The van der Waals surface area contributed by atoms with Crippen LogP contribution in [0.4, 0.5) is 0 Å². The molecule has 8 nitrogen and oxygen atoms in total. The molecule has 0 radical (unpaired) electrons. The number of nitrogens with zero attached hydrogens (tertiary/aromatic N) is 1. The number of benzene rings is 3. The number of fused-ring (bicyclic) bond motifs is 6. The minimum atomic E-state index is -0.236. The Morgan fingerprint density at radius 3 is 2.77 bits per heavy atom. The van der Waals surface area contributed by atoms with Crippen molar-refractivity contribution in [3.8, 4) is 34.3 Å². The van der Waals surface area contributed by atoms with Crippen LogP contribution < -0.4 is 28.8 Å². The van der Waals surface area contributed by atoms with Crippen molar-refractivity contribution in [1.29, 1.82) is 0 Å². The van der Waals surface area contributed by atoms with Gasteiger partial charge < -0.3 is 28.7 Å². The van der Waals surface area contributed by atoms with Gasteiger partial charge in [0.2, 0.25) is 12.5 Å². The third-order valence-electron chi connectivity index (χ3n) is 7.30. The second kappa shape index (κ2) is 9.54. The van der Waals surface area contributed by atoms with Crippen LogP contribution in [-0.2, 0) is 13.0 Å². The SMILES string of the molecule is COc1ccc2cc3[n+](cc2c1OCCCNC(=O)c1cc2ccccc2o1)CCc1cc2c(cc1-3)OCO2. The number of pyridine rings is 1. The molecule has 0 unspecified atom stereocenters. The fraction of sp³-hybridized carbons (Fsp3) is 0.226. The van der Waals surface area contributed by atoms with Crippen molar-refractivity contribution in [3.63, 3.8) is 0 Å². The first kappa shape index (κ1) is 23.4. The smallest absolute Gasteiger partial charge is 0.287 e. The largest absolute Gasteiger partial charge is 0.493 e. The number of hydrogen-bond acceptors (Lipinski definition) is 6. The van der Waals surface area contributed by atoms with E-state index in [9.17, 15) is 4.79 Å². The van der Waals surface area contributed by atoms with Gasteiger partial charge in [0, 0.05) is 24.4 Å². The maximum absolute atomic E-state index is 12.5. The molecule has 1 N–H and O–H groups in total. The highest BCUT2D eigenvalue weighted by atomic mass is 16.7. The van der Waals surface area contributed by atoms with Gasteiger partial charge in [0.15, 0.2) is 41.5 Å². The molecular weight excluding hydrogens is 496 g/mol. The zero-order valence-corrected chi connectivity index (χ0v) is 21.5. The fourth-order valence-electron chi connectivity index (χ4n) is 5.34. The van der Waals surface area contributed by atoms with Crippen molar-refractivity contribution < 1.29 is 32.7 Å². The molecule has 5 aromatic rings. The van der Waals surface area contributed by atoms with E-state index in [0.717, 1.165) is 51.9 Å². The monoisotopic (exact) mass is 523 g/mol. The Bertz CT molecular complexity index is 1710. The molecule has 39 heavy (non-hydrogen) atoms. The number of amides is 1. The number of carbonyl (C=O) groups is 1. The fourth-order valence-corrected chi connectivity index (χ4v) is 5.34. The van der Waals surface area contributed by atoms with Crippen LogP contribution in [0.25, 0.3) is 33.0 Å². The summed E-state index contributed by atoms with van der Waals surface area (Å²) >= 11 is 0. The van der Waals surface area contributed by atoms with E-state index < -0.39 is 0 Å². The molecule has 0 saturated carbocycles. The number of furan rings is 1. The van der Waals surface area contributed by atoms with Gasteiger partial charge in [-0.3, -0.25) is 4.79 Å². The second-order valence-electron chi connectivity index (χ2n) is 9.67. The first-order valence-corrected chi connectivity index (χ1v) is 13.0. The Hall–Kier alpha value is -4.72. The molecule has 0 bridgehead atoms. The number of rotatable bonds is 7. The van der Waals surface area contributed by atoms with Crippen LogP contribution in [0, 0.1) is 0 Å². The molecule has 3 aromatic carbocycles. The number of methoxy groups -OCH3 is 1. The average molecular weight is 524 g/mol. The van der Waals surface area contributed by atoms with Gasteiger partial charge >= 0.3 is 0 Å². The lowest BCUT2D eigenvalue weighted by atomic mass is 9.95. The highest BCUT2D eigenvalue weighted by Gasteiger charge is 2.28. The number of para-hydroxylation sites is 1. The third-order valence-corrected chi connectivity index (χ3v) is 7.30. The van der Waals surface area contributed by atoms with Gasteiger partial charge in [0.25, 0.3) is 5.91 Å². The lowest BCUT2D eigenvalue weighted by molar-refractivity contribution is -0.686. The number of ether oxygens (including phenoxy) is 4. The Labute approximate surface area is 224 Å². The van der Waals surface area contributed by atoms with Crippen molar-refractivity contribution in [1.82, 2.24) is 5.32 Å². The predicted octanol–water partition coefficient (Wildman–Crippen LogP) is 5.03. The molecule has 0 fully saturated rings. The van der Waals surface area contributed by atoms with Gasteiger partial charge in [-0.2, -0.15) is 4.57 Å². The summed E-state index contributed by atoms with van der Waals surface area (Å²) in [5.41, 5.74) is 4.24. The van der Waals surface area contributed by atoms with Crippen molar-refractivity contribution in [2.75, 3.05) is 27.1 Å². The average Bonchev–Trinajstić information content (AvgIpc) is 3.61. The summed E-state index contributed by atoms with van der Waals surface area (Å²) in [5, 5.41) is 5.86. The van der Waals surface area contributed by atoms with Crippen molar-refractivity contribution >= 4 is 27.6 Å². The molecule has 0 atom stereocenters. The molecule has 0 aliphatic carbocycles. The Morgan fingerprint density at radius 2 is 1.90 bits per heavy atom. The van der Waals surface area contributed by atoms with Gasteiger partial charge in [0.05, 0.1) is 24.7 Å². The van der Waals surface area contributed by atoms with Crippen molar-refractivity contribution in [2.24, 2.45) is 0 Å². The summed E-state index contributed by atoms with van der Waals surface area (Å²) in [7, 11) is 1.64. The number of aryl methyl sites for hydroxylation is 2. The highest BCUT2D eigenvalue weighted by molar-refractivity contribution is 5.96. The lowest BCUT2D eigenvalue weighted by Gasteiger charge is -2.18. The standard InChI is InChI=1S/C31H26N2O6/c1-35-26-8-7-19-13-24-22-16-28-27(37-18-38-28)14-20(22)9-11-33(24)17-23(19)30(26)36-12-4-10-32-31(34)29-15-21-5-2-3-6-25(21)39-29/h2-3,5-8,13-17H,4,9-12,18H2,1H3/p+1. The Kier molecular flexibility index (Phi) is 5.73. The van der Waals surface area contributed by atoms with Gasteiger partial charge in [0.1, 0.15) is 5.58 Å². The summed E-state index contributed by atoms with van der Waals surface area (Å²) in [4.78, 5) is 12.5. The second-order valence-corrected chi connectivity index (χ2v) is 9.67. The van der Waals surface area contributed by atoms with Crippen LogP contribution in [0.3, 0.4) is 0 Å². The maximum atomic E-state index is 12.5. The van der Waals surface area contributed by atoms with E-state index >= 15 is 0 Å². The van der Waals surface area contributed by atoms with Crippen LogP contribution in [0.1, 0.15) is 22.5 Å². The summed E-state index contributed by atoms with van der Waals surface area (Å²) in [5.74, 6) is 3.05. The summed E-state index contributed by atoms with van der Waals surface area (Å²) < 4.78 is 31.0. The topological polar surface area (TPSA) is 83.0 Å². The van der Waals surface area contributed by atoms with Crippen LogP contribution >= 0.6 is 0 Å². The van der Waals surface area contributed by atoms with Crippen molar-refractivity contribution in [2.45, 2.75) is 19.4 Å². The van der Waals surface area contributed by atoms with E-state index in [4.69, 9.17) is 23.4 Å². The van der Waals surface area contributed by atoms with Gasteiger partial charge in [-0.15, -0.1) is 0 Å². The van der Waals surface area contributed by atoms with E-state index in [-0.39, 0.29) is 12.7 Å². The molecule has 7 rings (SSSR count). The zero-order valence-electron chi connectivity index (χ0n) is 21.5. The molecule has 0 saturated heterocycles.